The molecular weight excluding hydrogens is 320 g/mol. The van der Waals surface area contributed by atoms with Gasteiger partial charge in [-0.3, -0.25) is 0 Å². The van der Waals surface area contributed by atoms with Gasteiger partial charge >= 0.3 is 0 Å². The minimum absolute atomic E-state index is 0. The first-order valence-corrected chi connectivity index (χ1v) is 10.8. The Kier molecular flexibility index (Phi) is 5.98. The molecule has 6 aliphatic rings. The van der Waals surface area contributed by atoms with E-state index in [1.165, 1.54) is 92.0 Å². The summed E-state index contributed by atoms with van der Waals surface area (Å²) in [7, 11) is 2.43. The lowest BCUT2D eigenvalue weighted by atomic mass is 9.95. The summed E-state index contributed by atoms with van der Waals surface area (Å²) in [6, 6.07) is 0. The number of nitrogens with zero attached hydrogens (tertiary/aromatic N) is 3. The maximum Gasteiger partial charge on any atom is 0.129 e. The Balaban J connectivity index is 0.000000180. The van der Waals surface area contributed by atoms with Gasteiger partial charge in [0.15, 0.2) is 0 Å². The topological polar surface area (TPSA) is 4.44 Å². The van der Waals surface area contributed by atoms with Crippen LogP contribution < -0.4 is 4.90 Å². The van der Waals surface area contributed by atoms with Crippen molar-refractivity contribution in [2.75, 3.05) is 85.6 Å². The van der Waals surface area contributed by atoms with E-state index in [0.717, 1.165) is 0 Å². The largest absolute Gasteiger partial charge is 0.321 e. The molecule has 26 heavy (non-hydrogen) atoms. The van der Waals surface area contributed by atoms with Crippen LogP contribution in [0.4, 0.5) is 0 Å². The summed E-state index contributed by atoms with van der Waals surface area (Å²) in [6.45, 7) is 31.3. The van der Waals surface area contributed by atoms with Crippen LogP contribution in [0.3, 0.4) is 0 Å². The standard InChI is InChI=1S/C11H24N2.C10H21N2.CH4/c1-11(2,3)13-8-5-12(4,6-9-13)7-10-13;1-10(2,3)12-7-4-11(5-8-12)6-9-12;/h5-10H2,1-4H3;4-9H2,1-3H3;1H4/q+2;+1;/p+1. The SMILES string of the molecule is C.CC(C)(C)[N+]12CC[N+](C)(CC1)CC2.CC(C)(C)[N+]12CC[NH+](CC1)CC2. The fourth-order valence-electron chi connectivity index (χ4n) is 5.81. The summed E-state index contributed by atoms with van der Waals surface area (Å²) >= 11 is 0. The summed E-state index contributed by atoms with van der Waals surface area (Å²) in [5.74, 6) is 0. The van der Waals surface area contributed by atoms with Gasteiger partial charge in [0.1, 0.15) is 78.5 Å². The molecule has 6 fully saturated rings. The van der Waals surface area contributed by atoms with E-state index in [9.17, 15) is 0 Å². The Labute approximate surface area is 164 Å². The van der Waals surface area contributed by atoms with E-state index >= 15 is 0 Å². The number of quaternary nitrogens is 4. The van der Waals surface area contributed by atoms with Gasteiger partial charge in [0.05, 0.1) is 18.1 Å². The van der Waals surface area contributed by atoms with E-state index in [1.54, 1.807) is 0 Å². The molecule has 154 valence electrons. The van der Waals surface area contributed by atoms with Crippen LogP contribution in [0.15, 0.2) is 0 Å². The van der Waals surface area contributed by atoms with E-state index in [4.69, 9.17) is 0 Å². The number of nitrogens with one attached hydrogen (secondary N) is 1. The summed E-state index contributed by atoms with van der Waals surface area (Å²) in [5.41, 5.74) is 0.942. The van der Waals surface area contributed by atoms with Crippen molar-refractivity contribution in [3.05, 3.63) is 0 Å². The number of hydrogen-bond donors (Lipinski definition) is 1. The third-order valence-electron chi connectivity index (χ3n) is 8.73. The highest BCUT2D eigenvalue weighted by Crippen LogP contribution is 2.33. The Morgan fingerprint density at radius 1 is 0.538 bits per heavy atom. The molecule has 1 N–H and O–H groups in total. The average Bonchev–Trinajstić information content (AvgIpc) is 2.56. The molecule has 0 aliphatic carbocycles. The number of hydrogen-bond acceptors (Lipinski definition) is 0. The van der Waals surface area contributed by atoms with Crippen LogP contribution in [0.5, 0.6) is 0 Å². The number of rotatable bonds is 0. The normalized spacial score (nSPS) is 41.9. The molecule has 0 aromatic rings. The molecule has 6 rings (SSSR count). The van der Waals surface area contributed by atoms with E-state index in [0.29, 0.717) is 11.1 Å². The Hall–Kier alpha value is -0.160. The molecule has 0 saturated carbocycles. The molecule has 0 atom stereocenters. The van der Waals surface area contributed by atoms with Crippen LogP contribution in [-0.2, 0) is 0 Å². The Bertz CT molecular complexity index is 439. The maximum atomic E-state index is 2.43. The predicted molar refractivity (Wildman–Crippen MR) is 112 cm³/mol. The van der Waals surface area contributed by atoms with Gasteiger partial charge in [-0.2, -0.15) is 0 Å². The van der Waals surface area contributed by atoms with Gasteiger partial charge in [-0.25, -0.2) is 0 Å². The van der Waals surface area contributed by atoms with Gasteiger partial charge in [-0.15, -0.1) is 0 Å². The quantitative estimate of drug-likeness (QED) is 0.612. The summed E-state index contributed by atoms with van der Waals surface area (Å²) in [6.07, 6.45) is 0. The highest BCUT2D eigenvalue weighted by Gasteiger charge is 2.52. The third-order valence-corrected chi connectivity index (χ3v) is 8.73. The first-order chi connectivity index (χ1) is 11.4. The molecule has 0 spiro atoms. The monoisotopic (exact) mass is 370 g/mol. The second-order valence-electron chi connectivity index (χ2n) is 11.8. The van der Waals surface area contributed by atoms with Crippen molar-refractivity contribution in [1.82, 2.24) is 0 Å². The zero-order valence-corrected chi connectivity index (χ0v) is 18.3. The van der Waals surface area contributed by atoms with Crippen LogP contribution in [0, 0.1) is 0 Å². The van der Waals surface area contributed by atoms with Crippen molar-refractivity contribution < 1.29 is 18.3 Å². The Morgan fingerprint density at radius 2 is 0.846 bits per heavy atom. The zero-order valence-electron chi connectivity index (χ0n) is 18.3. The molecule has 6 saturated heterocycles. The van der Waals surface area contributed by atoms with Crippen LogP contribution in [0.2, 0.25) is 0 Å². The van der Waals surface area contributed by atoms with Crippen molar-refractivity contribution in [3.8, 4) is 0 Å². The van der Waals surface area contributed by atoms with Crippen molar-refractivity contribution in [1.29, 1.82) is 0 Å². The third kappa shape index (κ3) is 3.85. The second kappa shape index (κ2) is 7.02. The summed E-state index contributed by atoms with van der Waals surface area (Å²) in [4.78, 5) is 1.85. The molecule has 6 aliphatic heterocycles. The lowest BCUT2D eigenvalue weighted by Crippen LogP contribution is -3.19. The fraction of sp³-hybridized carbons (Fsp3) is 1.00. The molecule has 0 aromatic heterocycles. The number of fused-ring (bicyclic) bond motifs is 6. The van der Waals surface area contributed by atoms with Gasteiger partial charge in [0.2, 0.25) is 0 Å². The van der Waals surface area contributed by atoms with Crippen molar-refractivity contribution in [2.45, 2.75) is 60.0 Å². The summed E-state index contributed by atoms with van der Waals surface area (Å²) in [5, 5.41) is 0. The van der Waals surface area contributed by atoms with Gasteiger partial charge in [-0.1, -0.05) is 7.43 Å². The van der Waals surface area contributed by atoms with Gasteiger partial charge < -0.3 is 18.3 Å². The maximum absolute atomic E-state index is 2.43. The molecular formula is C22H50N4+4. The predicted octanol–water partition coefficient (Wildman–Crippen LogP) is 1.23. The van der Waals surface area contributed by atoms with Gasteiger partial charge in [0, 0.05) is 0 Å². The molecule has 0 radical (unpaired) electrons. The fourth-order valence-corrected chi connectivity index (χ4v) is 5.81. The van der Waals surface area contributed by atoms with E-state index < -0.39 is 0 Å². The minimum Gasteiger partial charge on any atom is -0.321 e. The van der Waals surface area contributed by atoms with E-state index in [-0.39, 0.29) is 7.43 Å². The van der Waals surface area contributed by atoms with Gasteiger partial charge in [-0.05, 0) is 41.5 Å². The molecule has 0 unspecified atom stereocenters. The van der Waals surface area contributed by atoms with Crippen LogP contribution >= 0.6 is 0 Å². The zero-order chi connectivity index (χ0) is 18.6. The Morgan fingerprint density at radius 3 is 1.12 bits per heavy atom. The van der Waals surface area contributed by atoms with E-state index in [1.807, 2.05) is 4.90 Å². The molecule has 4 bridgehead atoms. The minimum atomic E-state index is 0. The second-order valence-corrected chi connectivity index (χ2v) is 11.8. The highest BCUT2D eigenvalue weighted by molar-refractivity contribution is 4.71. The van der Waals surface area contributed by atoms with Crippen molar-refractivity contribution >= 4 is 0 Å². The lowest BCUT2D eigenvalue weighted by Gasteiger charge is -2.59. The molecule has 6 heterocycles. The molecule has 4 nitrogen and oxygen atoms in total. The molecule has 0 amide bonds. The number of likely N-dealkylation sites (N-methyl/N-ethyl adjacent to an activating group) is 1. The first kappa shape index (κ1) is 22.1. The molecule has 0 aromatic carbocycles. The van der Waals surface area contributed by atoms with Gasteiger partial charge in [0.25, 0.3) is 0 Å². The van der Waals surface area contributed by atoms with Crippen LogP contribution in [-0.4, -0.2) is 110 Å². The van der Waals surface area contributed by atoms with E-state index in [2.05, 4.69) is 48.6 Å². The smallest absolute Gasteiger partial charge is 0.129 e. The lowest BCUT2D eigenvalue weighted by molar-refractivity contribution is -1.09. The van der Waals surface area contributed by atoms with Crippen LogP contribution in [0.1, 0.15) is 49.0 Å². The van der Waals surface area contributed by atoms with Crippen molar-refractivity contribution in [2.24, 2.45) is 0 Å². The molecule has 4 heteroatoms. The summed E-state index contributed by atoms with van der Waals surface area (Å²) < 4.78 is 4.10. The number of piperazine rings is 6. The first-order valence-electron chi connectivity index (χ1n) is 10.8. The highest BCUT2D eigenvalue weighted by atomic mass is 15.5. The van der Waals surface area contributed by atoms with Crippen LogP contribution in [0.25, 0.3) is 0 Å². The average molecular weight is 371 g/mol. The van der Waals surface area contributed by atoms with Crippen molar-refractivity contribution in [3.63, 3.8) is 0 Å².